The normalized spacial score (nSPS) is 54.0. The van der Waals surface area contributed by atoms with E-state index in [1.807, 2.05) is 0 Å². The molecule has 3 heterocycles. The third-order valence-electron chi connectivity index (χ3n) is 5.66. The Morgan fingerprint density at radius 1 is 0.710 bits per heavy atom. The molecule has 0 amide bonds. The average molecular weight is 458 g/mol. The van der Waals surface area contributed by atoms with Crippen LogP contribution in [-0.2, 0) is 23.7 Å². The van der Waals surface area contributed by atoms with Crippen LogP contribution in [0.15, 0.2) is 0 Å². The average Bonchev–Trinajstić information content (AvgIpc) is 2.75. The number of hydrogen-bond donors (Lipinski definition) is 9. The third-order valence-corrected chi connectivity index (χ3v) is 5.66. The van der Waals surface area contributed by atoms with Crippen molar-refractivity contribution in [3.8, 4) is 0 Å². The molecule has 0 aliphatic carbocycles. The molecule has 3 aliphatic heterocycles. The molecule has 0 spiro atoms. The van der Waals surface area contributed by atoms with Gasteiger partial charge in [-0.05, 0) is 6.92 Å². The van der Waals surface area contributed by atoms with Crippen molar-refractivity contribution in [1.29, 1.82) is 0 Å². The molecule has 14 nitrogen and oxygen atoms in total. The van der Waals surface area contributed by atoms with Crippen LogP contribution in [0.5, 0.6) is 0 Å². The van der Waals surface area contributed by atoms with E-state index in [0.29, 0.717) is 0 Å². The highest BCUT2D eigenvalue weighted by Gasteiger charge is 2.51. The van der Waals surface area contributed by atoms with Gasteiger partial charge in [0.15, 0.2) is 18.9 Å². The van der Waals surface area contributed by atoms with Crippen LogP contribution in [0.4, 0.5) is 0 Å². The largest absolute Gasteiger partial charge is 0.394 e. The van der Waals surface area contributed by atoms with Crippen molar-refractivity contribution in [3.63, 3.8) is 0 Å². The van der Waals surface area contributed by atoms with Crippen molar-refractivity contribution in [2.45, 2.75) is 92.9 Å². The molecular formula is C17H30O14. The van der Waals surface area contributed by atoms with Crippen LogP contribution in [0, 0.1) is 0 Å². The molecule has 0 aromatic rings. The summed E-state index contributed by atoms with van der Waals surface area (Å²) in [6.45, 7) is 0.305. The highest BCUT2D eigenvalue weighted by molar-refractivity contribution is 4.93. The molecular weight excluding hydrogens is 428 g/mol. The lowest BCUT2D eigenvalue weighted by atomic mass is 9.98. The molecule has 0 radical (unpaired) electrons. The maximum atomic E-state index is 10.3. The quantitative estimate of drug-likeness (QED) is 0.187. The van der Waals surface area contributed by atoms with Gasteiger partial charge in [-0.2, -0.15) is 0 Å². The first-order valence-electron chi connectivity index (χ1n) is 9.85. The number of aliphatic hydroxyl groups excluding tert-OH is 9. The number of hydrogen-bond acceptors (Lipinski definition) is 14. The zero-order valence-corrected chi connectivity index (χ0v) is 16.6. The summed E-state index contributed by atoms with van der Waals surface area (Å²) in [6, 6.07) is 0. The lowest BCUT2D eigenvalue weighted by Crippen LogP contribution is -2.64. The van der Waals surface area contributed by atoms with Gasteiger partial charge in [0, 0.05) is 0 Å². The van der Waals surface area contributed by atoms with Gasteiger partial charge in [-0.1, -0.05) is 0 Å². The Bertz CT molecular complexity index is 579. The molecule has 3 saturated heterocycles. The molecule has 0 aromatic heterocycles. The highest BCUT2D eigenvalue weighted by atomic mass is 16.8. The van der Waals surface area contributed by atoms with Crippen molar-refractivity contribution in [2.24, 2.45) is 0 Å². The molecule has 182 valence electrons. The molecule has 31 heavy (non-hydrogen) atoms. The van der Waals surface area contributed by atoms with Crippen LogP contribution in [-0.4, -0.2) is 145 Å². The molecule has 9 N–H and O–H groups in total. The van der Waals surface area contributed by atoms with E-state index in [2.05, 4.69) is 0 Å². The minimum atomic E-state index is -1.78. The van der Waals surface area contributed by atoms with E-state index in [4.69, 9.17) is 23.7 Å². The molecule has 3 rings (SSSR count). The van der Waals surface area contributed by atoms with Crippen molar-refractivity contribution >= 4 is 0 Å². The summed E-state index contributed by atoms with van der Waals surface area (Å²) in [5.41, 5.74) is 0. The monoisotopic (exact) mass is 458 g/mol. The molecule has 0 saturated carbocycles. The topological polar surface area (TPSA) is 228 Å². The van der Waals surface area contributed by atoms with Gasteiger partial charge in [0.05, 0.1) is 19.3 Å². The van der Waals surface area contributed by atoms with Crippen LogP contribution in [0.3, 0.4) is 0 Å². The second kappa shape index (κ2) is 10.1. The molecule has 0 aromatic carbocycles. The van der Waals surface area contributed by atoms with Gasteiger partial charge in [-0.15, -0.1) is 0 Å². The smallest absolute Gasteiger partial charge is 0.187 e. The minimum absolute atomic E-state index is 0.408. The van der Waals surface area contributed by atoms with Gasteiger partial charge in [0.1, 0.15) is 61.0 Å². The summed E-state index contributed by atoms with van der Waals surface area (Å²) >= 11 is 0. The number of aliphatic hydroxyl groups is 9. The Morgan fingerprint density at radius 2 is 1.26 bits per heavy atom. The SMILES string of the molecule is C[C@@H]1O[C@@H](O[C@@H]2[C@@H](O[C@@H]3O[C@H](CO)[C@@H](O)[C@H](O)[C@H]3O)[C@@H](O)CO[C@H]2O)[C@H](O)[C@H](O)[C@@H]1O. The maximum Gasteiger partial charge on any atom is 0.187 e. The Hall–Kier alpha value is -0.560. The van der Waals surface area contributed by atoms with Crippen LogP contribution < -0.4 is 0 Å². The fraction of sp³-hybridized carbons (Fsp3) is 1.00. The zero-order chi connectivity index (χ0) is 23.0. The van der Waals surface area contributed by atoms with Crippen molar-refractivity contribution < 1.29 is 69.6 Å². The van der Waals surface area contributed by atoms with E-state index in [-0.39, 0.29) is 0 Å². The summed E-state index contributed by atoms with van der Waals surface area (Å²) in [6.07, 6.45) is -21.4. The van der Waals surface area contributed by atoms with Crippen LogP contribution in [0.25, 0.3) is 0 Å². The molecule has 0 bridgehead atoms. The van der Waals surface area contributed by atoms with Crippen molar-refractivity contribution in [2.75, 3.05) is 13.2 Å². The van der Waals surface area contributed by atoms with E-state index in [1.54, 1.807) is 0 Å². The predicted molar refractivity (Wildman–Crippen MR) is 93.8 cm³/mol. The number of ether oxygens (including phenoxy) is 5. The van der Waals surface area contributed by atoms with E-state index in [9.17, 15) is 46.0 Å². The van der Waals surface area contributed by atoms with E-state index >= 15 is 0 Å². The Labute approximate surface area is 176 Å². The fourth-order valence-electron chi connectivity index (χ4n) is 3.70. The summed E-state index contributed by atoms with van der Waals surface area (Å²) in [5.74, 6) is 0. The molecule has 14 heteroatoms. The maximum absolute atomic E-state index is 10.3. The lowest BCUT2D eigenvalue weighted by Gasteiger charge is -2.46. The van der Waals surface area contributed by atoms with Gasteiger partial charge in [0.2, 0.25) is 0 Å². The number of rotatable bonds is 5. The summed E-state index contributed by atoms with van der Waals surface area (Å²) < 4.78 is 26.6. The van der Waals surface area contributed by atoms with Gasteiger partial charge < -0.3 is 69.6 Å². The second-order valence-electron chi connectivity index (χ2n) is 7.87. The third kappa shape index (κ3) is 5.02. The van der Waals surface area contributed by atoms with E-state index < -0.39 is 99.2 Å². The van der Waals surface area contributed by atoms with Crippen LogP contribution in [0.2, 0.25) is 0 Å². The second-order valence-corrected chi connectivity index (χ2v) is 7.87. The highest BCUT2D eigenvalue weighted by Crippen LogP contribution is 2.30. The van der Waals surface area contributed by atoms with Crippen LogP contribution >= 0.6 is 0 Å². The summed E-state index contributed by atoms with van der Waals surface area (Å²) in [5, 5.41) is 89.7. The molecule has 0 unspecified atom stereocenters. The van der Waals surface area contributed by atoms with Gasteiger partial charge in [-0.3, -0.25) is 0 Å². The zero-order valence-electron chi connectivity index (χ0n) is 16.6. The predicted octanol–water partition coefficient (Wildman–Crippen LogP) is -5.91. The van der Waals surface area contributed by atoms with E-state index in [1.165, 1.54) is 6.92 Å². The summed E-state index contributed by atoms with van der Waals surface area (Å²) in [4.78, 5) is 0. The van der Waals surface area contributed by atoms with E-state index in [0.717, 1.165) is 0 Å². The molecule has 14 atom stereocenters. The Balaban J connectivity index is 1.75. The first kappa shape index (κ1) is 25.1. The fourth-order valence-corrected chi connectivity index (χ4v) is 3.70. The minimum Gasteiger partial charge on any atom is -0.394 e. The standard InChI is InChI=1S/C17H30O14/c1-4-7(20)9(22)11(24)16(28-4)31-14-13(5(19)3-27-15(14)26)30-17-12(25)10(23)8(21)6(2-18)29-17/h4-26H,2-3H2,1H3/t4-,5-,6+,7+,8+,9+,10-,11+,12+,13-,14+,15+,16-,17-/m0/s1. The first-order valence-corrected chi connectivity index (χ1v) is 9.85. The van der Waals surface area contributed by atoms with Gasteiger partial charge in [0.25, 0.3) is 0 Å². The van der Waals surface area contributed by atoms with Crippen molar-refractivity contribution in [1.82, 2.24) is 0 Å². The van der Waals surface area contributed by atoms with Crippen molar-refractivity contribution in [3.05, 3.63) is 0 Å². The first-order chi connectivity index (χ1) is 14.6. The molecule has 3 aliphatic rings. The molecule has 3 fully saturated rings. The van der Waals surface area contributed by atoms with Gasteiger partial charge >= 0.3 is 0 Å². The van der Waals surface area contributed by atoms with Gasteiger partial charge in [-0.25, -0.2) is 0 Å². The van der Waals surface area contributed by atoms with Crippen LogP contribution in [0.1, 0.15) is 6.92 Å². The summed E-state index contributed by atoms with van der Waals surface area (Å²) in [7, 11) is 0. The lowest BCUT2D eigenvalue weighted by molar-refractivity contribution is -0.376. The Morgan fingerprint density at radius 3 is 1.87 bits per heavy atom. The Kier molecular flexibility index (Phi) is 8.21.